The van der Waals surface area contributed by atoms with Crippen molar-refractivity contribution in [1.29, 1.82) is 0 Å². The van der Waals surface area contributed by atoms with Crippen LogP contribution in [0.2, 0.25) is 0 Å². The molecule has 4 unspecified atom stereocenters. The van der Waals surface area contributed by atoms with Gasteiger partial charge in [0.25, 0.3) is 0 Å². The molecule has 6 aliphatic rings. The maximum Gasteiger partial charge on any atom is 0.129 e. The molecule has 7 rings (SSSR count). The number of nitrogens with one attached hydrogen (secondary N) is 2. The monoisotopic (exact) mass is 449 g/mol. The molecular weight excluding hydrogens is 421 g/mol. The second-order valence-electron chi connectivity index (χ2n) is 9.60. The molecule has 1 aromatic rings. The van der Waals surface area contributed by atoms with Crippen LogP contribution in [0.15, 0.2) is 70.0 Å². The number of hydroxylamine groups is 1. The van der Waals surface area contributed by atoms with Gasteiger partial charge in [-0.3, -0.25) is 9.83 Å². The van der Waals surface area contributed by atoms with Gasteiger partial charge in [-0.2, -0.15) is 5.48 Å². The number of hydrogen-bond donors (Lipinski definition) is 2. The van der Waals surface area contributed by atoms with Crippen LogP contribution < -0.4 is 10.8 Å². The summed E-state index contributed by atoms with van der Waals surface area (Å²) in [7, 11) is 0. The van der Waals surface area contributed by atoms with Crippen LogP contribution in [0.1, 0.15) is 18.4 Å². The number of allylic oxidation sites excluding steroid dienone is 1. The number of nitrogens with zero attached hydrogens (tertiary/aromatic N) is 3. The maximum atomic E-state index is 14.5. The lowest BCUT2D eigenvalue weighted by Gasteiger charge is -2.33. The van der Waals surface area contributed by atoms with Gasteiger partial charge in [-0.25, -0.2) is 4.39 Å². The van der Waals surface area contributed by atoms with E-state index in [0.717, 1.165) is 31.0 Å². The molecule has 7 nitrogen and oxygen atoms in total. The summed E-state index contributed by atoms with van der Waals surface area (Å²) in [6, 6.07) is 10.6. The Morgan fingerprint density at radius 3 is 2.88 bits per heavy atom. The first-order valence-electron chi connectivity index (χ1n) is 11.9. The van der Waals surface area contributed by atoms with Crippen molar-refractivity contribution in [3.05, 3.63) is 70.6 Å². The van der Waals surface area contributed by atoms with Gasteiger partial charge in [0.1, 0.15) is 18.1 Å². The number of aliphatic imine (C=N–C) groups is 1. The zero-order valence-electron chi connectivity index (χ0n) is 18.4. The molecule has 0 spiro atoms. The number of rotatable bonds is 5. The lowest BCUT2D eigenvalue weighted by molar-refractivity contribution is 0.0648. The van der Waals surface area contributed by atoms with Crippen LogP contribution in [0, 0.1) is 0 Å². The Kier molecular flexibility index (Phi) is 4.60. The van der Waals surface area contributed by atoms with Crippen LogP contribution >= 0.6 is 0 Å². The van der Waals surface area contributed by atoms with Gasteiger partial charge in [-0.15, -0.1) is 0 Å². The first-order chi connectivity index (χ1) is 16.3. The zero-order chi connectivity index (χ0) is 21.9. The van der Waals surface area contributed by atoms with E-state index >= 15 is 0 Å². The summed E-state index contributed by atoms with van der Waals surface area (Å²) >= 11 is 0. The lowest BCUT2D eigenvalue weighted by atomic mass is 9.91. The molecule has 5 atom stereocenters. The van der Waals surface area contributed by atoms with Crippen LogP contribution in [-0.2, 0) is 16.2 Å². The number of halogens is 1. The molecule has 2 fully saturated rings. The third-order valence-electron chi connectivity index (χ3n) is 7.57. The van der Waals surface area contributed by atoms with Crippen molar-refractivity contribution in [1.82, 2.24) is 20.6 Å². The highest BCUT2D eigenvalue weighted by Gasteiger charge is 2.48. The van der Waals surface area contributed by atoms with Gasteiger partial charge in [-0.05, 0) is 36.1 Å². The van der Waals surface area contributed by atoms with E-state index in [9.17, 15) is 4.39 Å². The van der Waals surface area contributed by atoms with Crippen molar-refractivity contribution in [3.63, 3.8) is 0 Å². The fraction of sp³-hybridized carbons (Fsp3) is 0.480. The van der Waals surface area contributed by atoms with Crippen LogP contribution in [0.5, 0.6) is 0 Å². The summed E-state index contributed by atoms with van der Waals surface area (Å²) in [6.07, 6.45) is 4.57. The first kappa shape index (κ1) is 19.8. The van der Waals surface area contributed by atoms with Gasteiger partial charge < -0.3 is 19.9 Å². The number of alkyl halides is 1. The third kappa shape index (κ3) is 3.31. The second-order valence-corrected chi connectivity index (χ2v) is 9.60. The molecule has 0 bridgehead atoms. The quantitative estimate of drug-likeness (QED) is 0.671. The first-order valence-corrected chi connectivity index (χ1v) is 11.9. The summed E-state index contributed by atoms with van der Waals surface area (Å²) in [5, 5.41) is 3.63. The van der Waals surface area contributed by atoms with Gasteiger partial charge in [0, 0.05) is 5.57 Å². The average Bonchev–Trinajstić information content (AvgIpc) is 3.13. The Hall–Kier alpha value is -2.68. The highest BCUT2D eigenvalue weighted by molar-refractivity contribution is 6.01. The highest BCUT2D eigenvalue weighted by atomic mass is 19.1. The number of hydrogen-bond acceptors (Lipinski definition) is 7. The van der Waals surface area contributed by atoms with Crippen LogP contribution in [0.4, 0.5) is 4.39 Å². The molecule has 0 radical (unpaired) electrons. The predicted molar refractivity (Wildman–Crippen MR) is 122 cm³/mol. The van der Waals surface area contributed by atoms with Crippen LogP contribution in [-0.4, -0.2) is 72.4 Å². The van der Waals surface area contributed by atoms with E-state index in [2.05, 4.69) is 38.8 Å². The van der Waals surface area contributed by atoms with Crippen molar-refractivity contribution in [2.24, 2.45) is 4.99 Å². The van der Waals surface area contributed by atoms with E-state index in [1.807, 2.05) is 24.3 Å². The maximum absolute atomic E-state index is 14.5. The predicted octanol–water partition coefficient (Wildman–Crippen LogP) is 2.01. The minimum atomic E-state index is -0.906. The molecular formula is C25H28FN5O2. The SMILES string of the molecule is FC1C=C2C3=NCC(COCc4ccccc4)N3CC3=C(C4NOC5C=C54)NCN3[C@@H]2CC1. The molecule has 33 heavy (non-hydrogen) atoms. The van der Waals surface area contributed by atoms with Gasteiger partial charge in [0.05, 0.1) is 62.5 Å². The van der Waals surface area contributed by atoms with Crippen molar-refractivity contribution >= 4 is 5.84 Å². The zero-order valence-corrected chi connectivity index (χ0v) is 18.4. The molecule has 4 heterocycles. The van der Waals surface area contributed by atoms with Gasteiger partial charge in [0.15, 0.2) is 0 Å². The van der Waals surface area contributed by atoms with Crippen molar-refractivity contribution < 1.29 is 14.0 Å². The molecule has 0 amide bonds. The van der Waals surface area contributed by atoms with Crippen LogP contribution in [0.3, 0.4) is 0 Å². The van der Waals surface area contributed by atoms with Crippen molar-refractivity contribution in [2.75, 3.05) is 26.4 Å². The van der Waals surface area contributed by atoms with Crippen molar-refractivity contribution in [2.45, 2.75) is 49.8 Å². The molecule has 172 valence electrons. The molecule has 1 aromatic carbocycles. The Labute approximate surface area is 192 Å². The lowest BCUT2D eigenvalue weighted by Crippen LogP contribution is -2.42. The second kappa shape index (κ2) is 7.68. The number of amidine groups is 1. The Morgan fingerprint density at radius 1 is 1.15 bits per heavy atom. The summed E-state index contributed by atoms with van der Waals surface area (Å²) in [5.74, 6) is 0.955. The minimum absolute atomic E-state index is 0.0776. The Bertz CT molecular complexity index is 1080. The van der Waals surface area contributed by atoms with Crippen LogP contribution in [0.25, 0.3) is 0 Å². The number of ether oxygens (including phenoxy) is 1. The summed E-state index contributed by atoms with van der Waals surface area (Å²) in [5.41, 5.74) is 9.14. The average molecular weight is 450 g/mol. The molecule has 8 heteroatoms. The summed E-state index contributed by atoms with van der Waals surface area (Å²) in [6.45, 7) is 3.32. The smallest absolute Gasteiger partial charge is 0.129 e. The van der Waals surface area contributed by atoms with E-state index < -0.39 is 6.17 Å². The summed E-state index contributed by atoms with van der Waals surface area (Å²) < 4.78 is 20.6. The van der Waals surface area contributed by atoms with E-state index in [4.69, 9.17) is 14.6 Å². The third-order valence-corrected chi connectivity index (χ3v) is 7.57. The highest BCUT2D eigenvalue weighted by Crippen LogP contribution is 2.41. The molecule has 2 N–H and O–H groups in total. The number of benzene rings is 1. The molecule has 0 aromatic heterocycles. The topological polar surface area (TPSA) is 61.4 Å². The Balaban J connectivity index is 1.18. The molecule has 4 aliphatic heterocycles. The normalized spacial score (nSPS) is 34.0. The van der Waals surface area contributed by atoms with Gasteiger partial charge in [-0.1, -0.05) is 30.3 Å². The van der Waals surface area contributed by atoms with Crippen molar-refractivity contribution in [3.8, 4) is 0 Å². The van der Waals surface area contributed by atoms with E-state index in [1.54, 1.807) is 0 Å². The van der Waals surface area contributed by atoms with E-state index in [1.165, 1.54) is 22.5 Å². The Morgan fingerprint density at radius 2 is 2.06 bits per heavy atom. The van der Waals surface area contributed by atoms with Gasteiger partial charge >= 0.3 is 0 Å². The summed E-state index contributed by atoms with van der Waals surface area (Å²) in [4.78, 5) is 15.3. The molecule has 2 saturated heterocycles. The molecule has 0 saturated carbocycles. The van der Waals surface area contributed by atoms with E-state index in [0.29, 0.717) is 26.2 Å². The van der Waals surface area contributed by atoms with E-state index in [-0.39, 0.29) is 24.2 Å². The molecule has 2 aliphatic carbocycles. The van der Waals surface area contributed by atoms with Gasteiger partial charge in [0.2, 0.25) is 0 Å². The minimum Gasteiger partial charge on any atom is -0.375 e. The largest absolute Gasteiger partial charge is 0.375 e. The number of fused-ring (bicyclic) bond motifs is 6. The fourth-order valence-corrected chi connectivity index (χ4v) is 5.81. The standard InChI is InChI=1S/C25H28FN5O2/c26-16-6-7-20-18(8-16)25-27-10-17(13-32-12-15-4-2-1-3-5-15)30(25)11-21-24(28-14-31(20)21)23-19-9-22(19)33-29-23/h1-5,8-9,16-17,20,22-23,28-29H,6-7,10-14H2/t16?,17?,20-,22?,23?/m1/s1. The fourth-order valence-electron chi connectivity index (χ4n) is 5.81.